The number of amides is 2. The van der Waals surface area contributed by atoms with Crippen LogP contribution in [0.3, 0.4) is 0 Å². The number of hydrogen-bond donors (Lipinski definition) is 2. The fourth-order valence-electron chi connectivity index (χ4n) is 1.75. The summed E-state index contributed by atoms with van der Waals surface area (Å²) in [5, 5.41) is 14.8. The molecular formula is C13H14N4O3S. The molecule has 2 heterocycles. The van der Waals surface area contributed by atoms with E-state index in [9.17, 15) is 9.59 Å². The van der Waals surface area contributed by atoms with Gasteiger partial charge in [-0.2, -0.15) is 0 Å². The van der Waals surface area contributed by atoms with Crippen LogP contribution in [0.1, 0.15) is 40.5 Å². The maximum absolute atomic E-state index is 11.7. The maximum Gasteiger partial charge on any atom is 0.254 e. The Morgan fingerprint density at radius 3 is 2.95 bits per heavy atom. The Hall–Kier alpha value is -2.22. The number of rotatable bonds is 6. The monoisotopic (exact) mass is 306 g/mol. The van der Waals surface area contributed by atoms with Gasteiger partial charge in [-0.1, -0.05) is 11.3 Å². The molecule has 0 aliphatic heterocycles. The van der Waals surface area contributed by atoms with E-state index in [1.165, 1.54) is 23.9 Å². The molecule has 3 rings (SSSR count). The van der Waals surface area contributed by atoms with Gasteiger partial charge in [-0.3, -0.25) is 9.59 Å². The van der Waals surface area contributed by atoms with E-state index in [4.69, 9.17) is 4.42 Å². The Morgan fingerprint density at radius 2 is 2.24 bits per heavy atom. The Kier molecular flexibility index (Phi) is 3.96. The molecular weight excluding hydrogens is 292 g/mol. The van der Waals surface area contributed by atoms with Gasteiger partial charge in [0.05, 0.1) is 11.8 Å². The first kappa shape index (κ1) is 13.7. The van der Waals surface area contributed by atoms with Crippen LogP contribution in [0.4, 0.5) is 5.13 Å². The third-order valence-corrected chi connectivity index (χ3v) is 4.04. The topological polar surface area (TPSA) is 97.1 Å². The van der Waals surface area contributed by atoms with E-state index in [-0.39, 0.29) is 24.8 Å². The number of carbonyl (C=O) groups is 2. The number of furan rings is 1. The molecule has 0 aromatic carbocycles. The molecule has 1 fully saturated rings. The molecule has 0 radical (unpaired) electrons. The summed E-state index contributed by atoms with van der Waals surface area (Å²) in [6.07, 6.45) is 5.28. The Labute approximate surface area is 124 Å². The van der Waals surface area contributed by atoms with E-state index in [1.54, 1.807) is 6.07 Å². The molecule has 0 saturated heterocycles. The highest BCUT2D eigenvalue weighted by molar-refractivity contribution is 7.15. The van der Waals surface area contributed by atoms with Gasteiger partial charge in [-0.15, -0.1) is 10.2 Å². The summed E-state index contributed by atoms with van der Waals surface area (Å²) in [4.78, 5) is 23.3. The van der Waals surface area contributed by atoms with Crippen LogP contribution in [-0.2, 0) is 4.79 Å². The smallest absolute Gasteiger partial charge is 0.254 e. The van der Waals surface area contributed by atoms with Crippen molar-refractivity contribution < 1.29 is 14.0 Å². The largest absolute Gasteiger partial charge is 0.472 e. The number of carbonyl (C=O) groups excluding carboxylic acids is 2. The van der Waals surface area contributed by atoms with E-state index in [1.807, 2.05) is 0 Å². The predicted octanol–water partition coefficient (Wildman–Crippen LogP) is 1.77. The van der Waals surface area contributed by atoms with Gasteiger partial charge in [0.2, 0.25) is 11.0 Å². The first-order chi connectivity index (χ1) is 10.2. The minimum absolute atomic E-state index is 0.182. The summed E-state index contributed by atoms with van der Waals surface area (Å²) in [7, 11) is 0. The molecule has 21 heavy (non-hydrogen) atoms. The Balaban J connectivity index is 1.40. The lowest BCUT2D eigenvalue weighted by Crippen LogP contribution is -2.27. The second-order valence-corrected chi connectivity index (χ2v) is 5.79. The average Bonchev–Trinajstić information content (AvgIpc) is 2.99. The summed E-state index contributed by atoms with van der Waals surface area (Å²) < 4.78 is 4.81. The molecule has 0 unspecified atom stereocenters. The van der Waals surface area contributed by atoms with Crippen LogP contribution >= 0.6 is 11.3 Å². The van der Waals surface area contributed by atoms with Gasteiger partial charge in [0.1, 0.15) is 11.3 Å². The number of hydrogen-bond acceptors (Lipinski definition) is 6. The van der Waals surface area contributed by atoms with Crippen molar-refractivity contribution in [2.45, 2.75) is 25.2 Å². The van der Waals surface area contributed by atoms with Crippen LogP contribution in [-0.4, -0.2) is 28.6 Å². The third-order valence-electron chi connectivity index (χ3n) is 3.03. The number of aromatic nitrogens is 2. The highest BCUT2D eigenvalue weighted by Crippen LogP contribution is 2.41. The highest BCUT2D eigenvalue weighted by Gasteiger charge is 2.27. The van der Waals surface area contributed by atoms with Crippen molar-refractivity contribution >= 4 is 28.3 Å². The summed E-state index contributed by atoms with van der Waals surface area (Å²) in [5.74, 6) is 0.0758. The van der Waals surface area contributed by atoms with Gasteiger partial charge in [-0.25, -0.2) is 0 Å². The summed E-state index contributed by atoms with van der Waals surface area (Å²) in [6.45, 7) is 0.254. The lowest BCUT2D eigenvalue weighted by molar-refractivity contribution is -0.116. The first-order valence-corrected chi connectivity index (χ1v) is 7.47. The van der Waals surface area contributed by atoms with E-state index >= 15 is 0 Å². The lowest BCUT2D eigenvalue weighted by Gasteiger charge is -2.03. The Bertz CT molecular complexity index is 634. The molecule has 2 aromatic heterocycles. The van der Waals surface area contributed by atoms with Crippen molar-refractivity contribution in [3.8, 4) is 0 Å². The zero-order valence-corrected chi connectivity index (χ0v) is 12.0. The van der Waals surface area contributed by atoms with Gasteiger partial charge in [0.25, 0.3) is 5.91 Å². The van der Waals surface area contributed by atoms with Gasteiger partial charge in [0, 0.05) is 18.9 Å². The summed E-state index contributed by atoms with van der Waals surface area (Å²) >= 11 is 1.42. The normalized spacial score (nSPS) is 13.9. The third kappa shape index (κ3) is 3.66. The second kappa shape index (κ2) is 6.04. The molecule has 0 bridgehead atoms. The molecule has 110 valence electrons. The zero-order valence-electron chi connectivity index (χ0n) is 11.2. The molecule has 1 aliphatic carbocycles. The van der Waals surface area contributed by atoms with Crippen LogP contribution in [0.2, 0.25) is 0 Å². The predicted molar refractivity (Wildman–Crippen MR) is 76.2 cm³/mol. The number of nitrogens with one attached hydrogen (secondary N) is 2. The van der Waals surface area contributed by atoms with Crippen LogP contribution < -0.4 is 10.6 Å². The molecule has 1 saturated carbocycles. The minimum atomic E-state index is -0.261. The zero-order chi connectivity index (χ0) is 14.7. The van der Waals surface area contributed by atoms with Crippen molar-refractivity contribution in [2.75, 3.05) is 11.9 Å². The van der Waals surface area contributed by atoms with E-state index in [2.05, 4.69) is 20.8 Å². The molecule has 0 spiro atoms. The van der Waals surface area contributed by atoms with Gasteiger partial charge in [0.15, 0.2) is 0 Å². The highest BCUT2D eigenvalue weighted by atomic mass is 32.1. The standard InChI is InChI=1S/C13H14N4O3S/c18-10(3-5-14-11(19)9-4-6-20-7-9)15-13-17-16-12(21-13)8-1-2-8/h4,6-8H,1-3,5H2,(H,14,19)(H,15,17,18). The van der Waals surface area contributed by atoms with E-state index in [0.717, 1.165) is 17.8 Å². The second-order valence-electron chi connectivity index (χ2n) is 4.79. The summed E-state index contributed by atoms with van der Waals surface area (Å²) in [6, 6.07) is 1.57. The minimum Gasteiger partial charge on any atom is -0.472 e. The fourth-order valence-corrected chi connectivity index (χ4v) is 2.68. The van der Waals surface area contributed by atoms with Crippen molar-refractivity contribution in [3.63, 3.8) is 0 Å². The molecule has 0 atom stereocenters. The van der Waals surface area contributed by atoms with E-state index in [0.29, 0.717) is 16.6 Å². The quantitative estimate of drug-likeness (QED) is 0.847. The summed E-state index contributed by atoms with van der Waals surface area (Å²) in [5.41, 5.74) is 0.439. The van der Waals surface area contributed by atoms with Crippen molar-refractivity contribution in [1.82, 2.24) is 15.5 Å². The molecule has 2 aromatic rings. The van der Waals surface area contributed by atoms with Crippen molar-refractivity contribution in [1.29, 1.82) is 0 Å². The first-order valence-electron chi connectivity index (χ1n) is 6.66. The maximum atomic E-state index is 11.7. The van der Waals surface area contributed by atoms with Crippen LogP contribution in [0.5, 0.6) is 0 Å². The van der Waals surface area contributed by atoms with Crippen molar-refractivity contribution in [2.24, 2.45) is 0 Å². The number of anilines is 1. The van der Waals surface area contributed by atoms with Gasteiger partial charge >= 0.3 is 0 Å². The SMILES string of the molecule is O=C(CCNC(=O)c1ccoc1)Nc1nnc(C2CC2)s1. The van der Waals surface area contributed by atoms with Crippen LogP contribution in [0.25, 0.3) is 0 Å². The van der Waals surface area contributed by atoms with Crippen LogP contribution in [0.15, 0.2) is 23.0 Å². The lowest BCUT2D eigenvalue weighted by atomic mass is 10.3. The number of nitrogens with zero attached hydrogens (tertiary/aromatic N) is 2. The van der Waals surface area contributed by atoms with E-state index < -0.39 is 0 Å². The average molecular weight is 306 g/mol. The molecule has 7 nitrogen and oxygen atoms in total. The molecule has 8 heteroatoms. The van der Waals surface area contributed by atoms with Crippen LogP contribution in [0, 0.1) is 0 Å². The fraction of sp³-hybridized carbons (Fsp3) is 0.385. The molecule has 1 aliphatic rings. The van der Waals surface area contributed by atoms with Gasteiger partial charge < -0.3 is 15.1 Å². The van der Waals surface area contributed by atoms with Gasteiger partial charge in [-0.05, 0) is 18.9 Å². The Morgan fingerprint density at radius 1 is 1.38 bits per heavy atom. The molecule has 2 amide bonds. The van der Waals surface area contributed by atoms with Crippen molar-refractivity contribution in [3.05, 3.63) is 29.2 Å². The molecule has 2 N–H and O–H groups in total.